The Kier molecular flexibility index (Phi) is 5.38. The standard InChI is InChI=1S/C18H15ClN4O2S/c19-18-6-5-17(9-16(18)10-20)26(24,25)22-11-14-1-3-15(4-2-14)12-23-8-7-21-13-23/h1-9,13,22H,11-12H2. The Hall–Kier alpha value is -2.66. The zero-order valence-electron chi connectivity index (χ0n) is 13.6. The van der Waals surface area contributed by atoms with E-state index in [4.69, 9.17) is 16.9 Å². The van der Waals surface area contributed by atoms with E-state index < -0.39 is 10.0 Å². The van der Waals surface area contributed by atoms with Gasteiger partial charge in [-0.05, 0) is 29.3 Å². The maximum Gasteiger partial charge on any atom is 0.240 e. The number of nitrogens with zero attached hydrogens (tertiary/aromatic N) is 3. The van der Waals surface area contributed by atoms with E-state index in [1.165, 1.54) is 18.2 Å². The number of sulfonamides is 1. The predicted octanol–water partition coefficient (Wildman–Crippen LogP) is 2.93. The molecule has 0 unspecified atom stereocenters. The molecule has 1 heterocycles. The van der Waals surface area contributed by atoms with E-state index in [0.717, 1.165) is 11.1 Å². The van der Waals surface area contributed by atoms with Gasteiger partial charge in [-0.2, -0.15) is 5.26 Å². The first kappa shape index (κ1) is 18.1. The minimum atomic E-state index is -3.73. The van der Waals surface area contributed by atoms with Gasteiger partial charge in [0.2, 0.25) is 10.0 Å². The van der Waals surface area contributed by atoms with Crippen LogP contribution in [-0.2, 0) is 23.1 Å². The number of hydrogen-bond acceptors (Lipinski definition) is 4. The molecular weight excluding hydrogens is 372 g/mol. The topological polar surface area (TPSA) is 87.8 Å². The summed E-state index contributed by atoms with van der Waals surface area (Å²) in [4.78, 5) is 4.01. The summed E-state index contributed by atoms with van der Waals surface area (Å²) in [5, 5.41) is 9.20. The van der Waals surface area contributed by atoms with Crippen LogP contribution in [0.2, 0.25) is 5.02 Å². The summed E-state index contributed by atoms with van der Waals surface area (Å²) in [5.74, 6) is 0. The van der Waals surface area contributed by atoms with Crippen LogP contribution in [0, 0.1) is 11.3 Å². The molecule has 8 heteroatoms. The zero-order chi connectivity index (χ0) is 18.6. The zero-order valence-corrected chi connectivity index (χ0v) is 15.2. The molecule has 1 N–H and O–H groups in total. The Bertz CT molecular complexity index is 1040. The second-order valence-corrected chi connectivity index (χ2v) is 7.80. The van der Waals surface area contributed by atoms with Gasteiger partial charge in [0.1, 0.15) is 6.07 Å². The van der Waals surface area contributed by atoms with Gasteiger partial charge in [-0.25, -0.2) is 18.1 Å². The van der Waals surface area contributed by atoms with E-state index in [-0.39, 0.29) is 22.0 Å². The lowest BCUT2D eigenvalue weighted by molar-refractivity contribution is 0.581. The fourth-order valence-corrected chi connectivity index (χ4v) is 3.58. The number of benzene rings is 2. The van der Waals surface area contributed by atoms with Crippen molar-refractivity contribution in [2.45, 2.75) is 18.0 Å². The normalized spacial score (nSPS) is 11.2. The van der Waals surface area contributed by atoms with E-state index in [1.54, 1.807) is 12.5 Å². The Morgan fingerprint density at radius 2 is 1.88 bits per heavy atom. The van der Waals surface area contributed by atoms with Gasteiger partial charge in [-0.3, -0.25) is 0 Å². The smallest absolute Gasteiger partial charge is 0.240 e. The van der Waals surface area contributed by atoms with Crippen molar-refractivity contribution in [1.29, 1.82) is 5.26 Å². The number of nitrogens with one attached hydrogen (secondary N) is 1. The molecule has 1 aromatic heterocycles. The maximum atomic E-state index is 12.4. The number of rotatable bonds is 6. The van der Waals surface area contributed by atoms with Crippen molar-refractivity contribution in [2.24, 2.45) is 0 Å². The minimum absolute atomic E-state index is 0.00942. The average Bonchev–Trinajstić information content (AvgIpc) is 3.14. The maximum absolute atomic E-state index is 12.4. The highest BCUT2D eigenvalue weighted by molar-refractivity contribution is 7.89. The van der Waals surface area contributed by atoms with Crippen LogP contribution in [0.4, 0.5) is 0 Å². The van der Waals surface area contributed by atoms with Gasteiger partial charge >= 0.3 is 0 Å². The molecule has 0 saturated carbocycles. The van der Waals surface area contributed by atoms with E-state index in [2.05, 4.69) is 9.71 Å². The second kappa shape index (κ2) is 7.70. The van der Waals surface area contributed by atoms with Crippen LogP contribution >= 0.6 is 11.6 Å². The highest BCUT2D eigenvalue weighted by Crippen LogP contribution is 2.19. The quantitative estimate of drug-likeness (QED) is 0.705. The molecule has 0 fully saturated rings. The first-order valence-corrected chi connectivity index (χ1v) is 9.57. The van der Waals surface area contributed by atoms with Crippen LogP contribution in [-0.4, -0.2) is 18.0 Å². The fourth-order valence-electron chi connectivity index (χ4n) is 2.37. The lowest BCUT2D eigenvalue weighted by atomic mass is 10.1. The van der Waals surface area contributed by atoms with Gasteiger partial charge in [0.25, 0.3) is 0 Å². The summed E-state index contributed by atoms with van der Waals surface area (Å²) in [7, 11) is -3.73. The molecule has 0 aliphatic rings. The van der Waals surface area contributed by atoms with E-state index in [0.29, 0.717) is 6.54 Å². The number of nitriles is 1. The van der Waals surface area contributed by atoms with Crippen LogP contribution in [0.5, 0.6) is 0 Å². The number of halogens is 1. The molecule has 0 atom stereocenters. The molecule has 0 aliphatic heterocycles. The summed E-state index contributed by atoms with van der Waals surface area (Å²) < 4.78 is 29.3. The molecule has 26 heavy (non-hydrogen) atoms. The third-order valence-corrected chi connectivity index (χ3v) is 5.51. The van der Waals surface area contributed by atoms with E-state index in [9.17, 15) is 8.42 Å². The molecule has 0 bridgehead atoms. The van der Waals surface area contributed by atoms with Crippen LogP contribution in [0.15, 0.2) is 66.1 Å². The number of aromatic nitrogens is 2. The van der Waals surface area contributed by atoms with Crippen molar-refractivity contribution >= 4 is 21.6 Å². The molecule has 3 rings (SSSR count). The average molecular weight is 387 g/mol. The van der Waals surface area contributed by atoms with Crippen LogP contribution in [0.1, 0.15) is 16.7 Å². The molecular formula is C18H15ClN4O2S. The largest absolute Gasteiger partial charge is 0.333 e. The summed E-state index contributed by atoms with van der Waals surface area (Å²) in [5.41, 5.74) is 2.04. The van der Waals surface area contributed by atoms with Crippen molar-refractivity contribution in [3.63, 3.8) is 0 Å². The summed E-state index contributed by atoms with van der Waals surface area (Å²) in [6.45, 7) is 0.853. The van der Waals surface area contributed by atoms with Crippen LogP contribution < -0.4 is 4.72 Å². The summed E-state index contributed by atoms with van der Waals surface area (Å²) in [6.07, 6.45) is 5.34. The highest BCUT2D eigenvalue weighted by atomic mass is 35.5. The molecule has 6 nitrogen and oxygen atoms in total. The number of imidazole rings is 1. The second-order valence-electron chi connectivity index (χ2n) is 5.63. The van der Waals surface area contributed by atoms with Crippen molar-refractivity contribution in [3.8, 4) is 6.07 Å². The van der Waals surface area contributed by atoms with Crippen LogP contribution in [0.3, 0.4) is 0 Å². The third-order valence-electron chi connectivity index (χ3n) is 3.78. The predicted molar refractivity (Wildman–Crippen MR) is 98.0 cm³/mol. The van der Waals surface area contributed by atoms with Gasteiger partial charge in [0.15, 0.2) is 0 Å². The molecule has 0 saturated heterocycles. The van der Waals surface area contributed by atoms with Crippen LogP contribution in [0.25, 0.3) is 0 Å². The minimum Gasteiger partial charge on any atom is -0.333 e. The molecule has 0 spiro atoms. The fraction of sp³-hybridized carbons (Fsp3) is 0.111. The summed E-state index contributed by atoms with van der Waals surface area (Å²) in [6, 6.07) is 13.5. The van der Waals surface area contributed by atoms with Crippen molar-refractivity contribution in [3.05, 3.63) is 82.9 Å². The van der Waals surface area contributed by atoms with Crippen molar-refractivity contribution < 1.29 is 8.42 Å². The molecule has 0 aliphatic carbocycles. The lowest BCUT2D eigenvalue weighted by Gasteiger charge is -2.09. The number of hydrogen-bond donors (Lipinski definition) is 1. The Morgan fingerprint density at radius 3 is 2.54 bits per heavy atom. The third kappa shape index (κ3) is 4.29. The Labute approximate surface area is 156 Å². The molecule has 3 aromatic rings. The molecule has 0 amide bonds. The molecule has 132 valence electrons. The van der Waals surface area contributed by atoms with Gasteiger partial charge in [-0.1, -0.05) is 35.9 Å². The van der Waals surface area contributed by atoms with Gasteiger partial charge in [-0.15, -0.1) is 0 Å². The van der Waals surface area contributed by atoms with Crippen molar-refractivity contribution in [1.82, 2.24) is 14.3 Å². The Balaban J connectivity index is 1.67. The van der Waals surface area contributed by atoms with E-state index >= 15 is 0 Å². The lowest BCUT2D eigenvalue weighted by Crippen LogP contribution is -2.23. The van der Waals surface area contributed by atoms with Gasteiger partial charge in [0.05, 0.1) is 21.8 Å². The van der Waals surface area contributed by atoms with Gasteiger partial charge in [0, 0.05) is 25.5 Å². The molecule has 0 radical (unpaired) electrons. The first-order valence-electron chi connectivity index (χ1n) is 7.71. The van der Waals surface area contributed by atoms with Crippen molar-refractivity contribution in [2.75, 3.05) is 0 Å². The van der Waals surface area contributed by atoms with Gasteiger partial charge < -0.3 is 4.57 Å². The first-order chi connectivity index (χ1) is 12.5. The summed E-state index contributed by atoms with van der Waals surface area (Å²) >= 11 is 5.84. The molecule has 2 aromatic carbocycles. The highest BCUT2D eigenvalue weighted by Gasteiger charge is 2.15. The monoisotopic (exact) mass is 386 g/mol. The Morgan fingerprint density at radius 1 is 1.15 bits per heavy atom. The SMILES string of the molecule is N#Cc1cc(S(=O)(=O)NCc2ccc(Cn3ccnc3)cc2)ccc1Cl. The van der Waals surface area contributed by atoms with E-state index in [1.807, 2.05) is 41.1 Å².